The number of fused-ring (bicyclic) bond motifs is 1. The van der Waals surface area contributed by atoms with Gasteiger partial charge in [-0.05, 0) is 46.8 Å². The molecular weight excluding hydrogens is 416 g/mol. The van der Waals surface area contributed by atoms with Crippen LogP contribution in [0.25, 0.3) is 10.9 Å². The van der Waals surface area contributed by atoms with Crippen LogP contribution in [0.5, 0.6) is 0 Å². The van der Waals surface area contributed by atoms with Gasteiger partial charge < -0.3 is 5.11 Å². The molecule has 1 atom stereocenters. The van der Waals surface area contributed by atoms with Crippen LogP contribution >= 0.6 is 0 Å². The fourth-order valence-electron chi connectivity index (χ4n) is 3.25. The molecule has 2 aromatic carbocycles. The van der Waals surface area contributed by atoms with E-state index < -0.39 is 41.0 Å². The van der Waals surface area contributed by atoms with Crippen LogP contribution in [0.15, 0.2) is 54.9 Å². The maximum Gasteiger partial charge on any atom is 0.323 e. The van der Waals surface area contributed by atoms with Gasteiger partial charge in [-0.25, -0.2) is 18.4 Å². The molecule has 0 amide bonds. The van der Waals surface area contributed by atoms with Crippen molar-refractivity contribution in [1.82, 2.24) is 25.2 Å². The van der Waals surface area contributed by atoms with Crippen LogP contribution in [0.4, 0.5) is 17.6 Å². The lowest BCUT2D eigenvalue weighted by Gasteiger charge is -2.35. The number of rotatable bonds is 5. The highest BCUT2D eigenvalue weighted by Gasteiger charge is 2.58. The van der Waals surface area contributed by atoms with Gasteiger partial charge in [0.05, 0.1) is 23.7 Å². The maximum absolute atomic E-state index is 15.7. The second-order valence-electron chi connectivity index (χ2n) is 6.78. The van der Waals surface area contributed by atoms with Crippen LogP contribution in [0.2, 0.25) is 0 Å². The van der Waals surface area contributed by atoms with E-state index in [-0.39, 0.29) is 5.52 Å². The summed E-state index contributed by atoms with van der Waals surface area (Å²) >= 11 is 0. The van der Waals surface area contributed by atoms with E-state index in [0.29, 0.717) is 17.0 Å². The number of alkyl halides is 2. The SMILES string of the molecule is N#Cc1ccc2nc(C(F)(F)C(O)(Cn3cnnn3)c3ccc(F)cc3F)ccc2c1. The number of nitrogens with zero attached hydrogens (tertiary/aromatic N) is 6. The molecule has 0 saturated carbocycles. The van der Waals surface area contributed by atoms with Crippen molar-refractivity contribution in [1.29, 1.82) is 5.26 Å². The predicted molar refractivity (Wildman–Crippen MR) is 98.4 cm³/mol. The van der Waals surface area contributed by atoms with E-state index in [1.165, 1.54) is 24.3 Å². The van der Waals surface area contributed by atoms with Crippen molar-refractivity contribution in [3.63, 3.8) is 0 Å². The second-order valence-corrected chi connectivity index (χ2v) is 6.78. The molecule has 31 heavy (non-hydrogen) atoms. The highest BCUT2D eigenvalue weighted by atomic mass is 19.3. The van der Waals surface area contributed by atoms with E-state index in [0.717, 1.165) is 29.2 Å². The first-order valence-electron chi connectivity index (χ1n) is 8.82. The monoisotopic (exact) mass is 428 g/mol. The lowest BCUT2D eigenvalue weighted by Crippen LogP contribution is -2.48. The number of halogens is 4. The lowest BCUT2D eigenvalue weighted by molar-refractivity contribution is -0.207. The second kappa shape index (κ2) is 7.41. The summed E-state index contributed by atoms with van der Waals surface area (Å²) < 4.78 is 60.2. The largest absolute Gasteiger partial charge is 0.377 e. The summed E-state index contributed by atoms with van der Waals surface area (Å²) in [4.78, 5) is 3.91. The Balaban J connectivity index is 1.88. The van der Waals surface area contributed by atoms with Crippen LogP contribution in [-0.4, -0.2) is 30.3 Å². The van der Waals surface area contributed by atoms with Gasteiger partial charge in [-0.15, -0.1) is 5.10 Å². The molecule has 2 aromatic heterocycles. The van der Waals surface area contributed by atoms with Crippen molar-refractivity contribution in [3.05, 3.63) is 83.3 Å². The minimum absolute atomic E-state index is 0.139. The van der Waals surface area contributed by atoms with E-state index in [1.807, 2.05) is 6.07 Å². The van der Waals surface area contributed by atoms with Crippen molar-refractivity contribution in [2.45, 2.75) is 18.1 Å². The average Bonchev–Trinajstić information content (AvgIpc) is 3.25. The molecule has 2 heterocycles. The predicted octanol–water partition coefficient (Wildman–Crippen LogP) is 3.05. The zero-order valence-electron chi connectivity index (χ0n) is 15.5. The van der Waals surface area contributed by atoms with Crippen molar-refractivity contribution < 1.29 is 22.7 Å². The fraction of sp³-hybridized carbons (Fsp3) is 0.150. The van der Waals surface area contributed by atoms with Crippen LogP contribution in [-0.2, 0) is 18.1 Å². The van der Waals surface area contributed by atoms with Gasteiger partial charge in [0.2, 0.25) is 0 Å². The van der Waals surface area contributed by atoms with Gasteiger partial charge in [0, 0.05) is 17.0 Å². The minimum Gasteiger partial charge on any atom is -0.377 e. The minimum atomic E-state index is -4.15. The molecular formula is C20H12F4N6O. The normalized spacial score (nSPS) is 13.7. The van der Waals surface area contributed by atoms with E-state index in [2.05, 4.69) is 20.5 Å². The van der Waals surface area contributed by atoms with Crippen LogP contribution in [0, 0.1) is 23.0 Å². The third-order valence-electron chi connectivity index (χ3n) is 4.82. The third kappa shape index (κ3) is 3.47. The van der Waals surface area contributed by atoms with Crippen LogP contribution in [0.1, 0.15) is 16.8 Å². The molecule has 0 radical (unpaired) electrons. The summed E-state index contributed by atoms with van der Waals surface area (Å²) in [5, 5.41) is 30.7. The van der Waals surface area contributed by atoms with Gasteiger partial charge in [0.25, 0.3) is 0 Å². The third-order valence-corrected chi connectivity index (χ3v) is 4.82. The number of pyridine rings is 1. The van der Waals surface area contributed by atoms with Crippen molar-refractivity contribution in [2.24, 2.45) is 0 Å². The molecule has 4 rings (SSSR count). The Morgan fingerprint density at radius 2 is 1.87 bits per heavy atom. The first kappa shape index (κ1) is 20.4. The average molecular weight is 428 g/mol. The van der Waals surface area contributed by atoms with Gasteiger partial charge in [-0.3, -0.25) is 0 Å². The quantitative estimate of drug-likeness (QED) is 0.491. The molecule has 0 aliphatic heterocycles. The summed E-state index contributed by atoms with van der Waals surface area (Å²) in [6.07, 6.45) is 0.972. The Labute approximate surface area is 172 Å². The molecule has 11 heteroatoms. The maximum atomic E-state index is 15.7. The number of benzene rings is 2. The molecule has 1 unspecified atom stereocenters. The van der Waals surface area contributed by atoms with Crippen LogP contribution < -0.4 is 0 Å². The summed E-state index contributed by atoms with van der Waals surface area (Å²) in [6, 6.07) is 10.4. The molecule has 0 fully saturated rings. The lowest BCUT2D eigenvalue weighted by atomic mass is 9.84. The summed E-state index contributed by atoms with van der Waals surface area (Å²) in [5.41, 5.74) is -4.47. The van der Waals surface area contributed by atoms with Gasteiger partial charge >= 0.3 is 5.92 Å². The molecule has 7 nitrogen and oxygen atoms in total. The number of aliphatic hydroxyl groups is 1. The highest BCUT2D eigenvalue weighted by Crippen LogP contribution is 2.47. The Hall–Kier alpha value is -3.91. The first-order chi connectivity index (χ1) is 14.7. The van der Waals surface area contributed by atoms with E-state index >= 15 is 8.78 Å². The Morgan fingerprint density at radius 1 is 1.06 bits per heavy atom. The number of hydrogen-bond acceptors (Lipinski definition) is 6. The molecule has 0 saturated heterocycles. The van der Waals surface area contributed by atoms with E-state index in [1.54, 1.807) is 0 Å². The van der Waals surface area contributed by atoms with Crippen molar-refractivity contribution in [2.75, 3.05) is 0 Å². The zero-order valence-corrected chi connectivity index (χ0v) is 15.5. The van der Waals surface area contributed by atoms with Gasteiger partial charge in [0.15, 0.2) is 5.60 Å². The number of nitriles is 1. The Kier molecular flexibility index (Phi) is 4.87. The smallest absolute Gasteiger partial charge is 0.323 e. The van der Waals surface area contributed by atoms with Gasteiger partial charge in [-0.1, -0.05) is 6.07 Å². The van der Waals surface area contributed by atoms with Crippen LogP contribution in [0.3, 0.4) is 0 Å². The zero-order chi connectivity index (χ0) is 22.2. The number of aromatic nitrogens is 5. The first-order valence-corrected chi connectivity index (χ1v) is 8.82. The topological polar surface area (TPSA) is 101 Å². The van der Waals surface area contributed by atoms with Crippen molar-refractivity contribution in [3.8, 4) is 6.07 Å². The van der Waals surface area contributed by atoms with E-state index in [4.69, 9.17) is 5.26 Å². The molecule has 0 aliphatic rings. The van der Waals surface area contributed by atoms with Gasteiger partial charge in [0.1, 0.15) is 23.7 Å². The molecule has 1 N–H and O–H groups in total. The summed E-state index contributed by atoms with van der Waals surface area (Å²) in [7, 11) is 0. The summed E-state index contributed by atoms with van der Waals surface area (Å²) in [5.74, 6) is -6.51. The number of hydrogen-bond donors (Lipinski definition) is 1. The molecule has 0 aliphatic carbocycles. The highest BCUT2D eigenvalue weighted by molar-refractivity contribution is 5.80. The fourth-order valence-corrected chi connectivity index (χ4v) is 3.25. The Morgan fingerprint density at radius 3 is 2.55 bits per heavy atom. The summed E-state index contributed by atoms with van der Waals surface area (Å²) in [6.45, 7) is -0.942. The van der Waals surface area contributed by atoms with E-state index in [9.17, 15) is 13.9 Å². The Bertz CT molecular complexity index is 1310. The molecule has 0 spiro atoms. The number of tetrazole rings is 1. The van der Waals surface area contributed by atoms with Crippen molar-refractivity contribution >= 4 is 10.9 Å². The molecule has 4 aromatic rings. The standard InChI is InChI=1S/C20H12F4N6O/c21-14-3-4-15(16(22)8-14)19(31,10-30-11-26-28-29-30)20(23,24)18-6-2-13-7-12(9-25)1-5-17(13)27-18/h1-8,11,31H,10H2. The van der Waals surface area contributed by atoms with Gasteiger partial charge in [-0.2, -0.15) is 14.0 Å². The molecule has 156 valence electrons. The molecule has 0 bridgehead atoms.